The van der Waals surface area contributed by atoms with Crippen LogP contribution in [0.25, 0.3) is 27.9 Å². The number of H-pyrrole nitrogens is 1. The van der Waals surface area contributed by atoms with Crippen LogP contribution in [-0.4, -0.2) is 132 Å². The van der Waals surface area contributed by atoms with Gasteiger partial charge in [0.1, 0.15) is 54.6 Å². The molecule has 0 radical (unpaired) electrons. The first-order valence-corrected chi connectivity index (χ1v) is 15.0. The van der Waals surface area contributed by atoms with Crippen LogP contribution >= 0.6 is 0 Å². The lowest BCUT2D eigenvalue weighted by molar-refractivity contribution is -0.297. The van der Waals surface area contributed by atoms with E-state index in [-0.39, 0.29) is 17.9 Å². The van der Waals surface area contributed by atoms with Gasteiger partial charge in [0.15, 0.2) is 6.29 Å². The number of hydrogen-bond acceptors (Lipinski definition) is 13. The van der Waals surface area contributed by atoms with Crippen molar-refractivity contribution in [2.75, 3.05) is 19.8 Å². The summed E-state index contributed by atoms with van der Waals surface area (Å²) < 4.78 is 24.3. The Balaban J connectivity index is 1.29. The molecule has 5 heterocycles. The van der Waals surface area contributed by atoms with E-state index in [9.17, 15) is 45.6 Å². The molecule has 3 aliphatic heterocycles. The molecule has 0 saturated carbocycles. The number of aliphatic hydroxyl groups excluding tert-OH is 8. The average Bonchev–Trinajstić information content (AvgIpc) is 3.45. The Morgan fingerprint density at radius 1 is 0.935 bits per heavy atom. The third-order valence-corrected chi connectivity index (χ3v) is 8.94. The number of para-hydroxylation sites is 1. The van der Waals surface area contributed by atoms with E-state index in [1.165, 1.54) is 6.07 Å². The Labute approximate surface area is 262 Å². The van der Waals surface area contributed by atoms with Gasteiger partial charge < -0.3 is 69.4 Å². The lowest BCUT2D eigenvalue weighted by atomic mass is 9.98. The number of allylic oxidation sites excluding steroid dienone is 1. The zero-order valence-electron chi connectivity index (χ0n) is 24.8. The monoisotopic (exact) mass is 646 g/mol. The Hall–Kier alpha value is -3.19. The minimum absolute atomic E-state index is 0.126. The maximum Gasteiger partial charge on any atom is 0.251 e. The molecule has 46 heavy (non-hydrogen) atoms. The molecule has 9 N–H and O–H groups in total. The number of aromatic amines is 1. The van der Waals surface area contributed by atoms with Crippen LogP contribution in [0.15, 0.2) is 41.2 Å². The number of nitrogens with one attached hydrogen (secondary N) is 1. The molecule has 10 atom stereocenters. The highest BCUT2D eigenvalue weighted by molar-refractivity contribution is 5.94. The second kappa shape index (κ2) is 13.1. The van der Waals surface area contributed by atoms with Crippen molar-refractivity contribution in [3.05, 3.63) is 57.9 Å². The number of rotatable bonds is 8. The largest absolute Gasteiger partial charge is 0.460 e. The summed E-state index contributed by atoms with van der Waals surface area (Å²) in [6.07, 6.45) is -12.1. The quantitative estimate of drug-likeness (QED) is 0.128. The van der Waals surface area contributed by atoms with Crippen molar-refractivity contribution in [3.63, 3.8) is 0 Å². The van der Waals surface area contributed by atoms with Crippen LogP contribution in [0, 0.1) is 0 Å². The normalized spacial score (nSPS) is 33.1. The maximum absolute atomic E-state index is 13.3. The maximum atomic E-state index is 13.3. The van der Waals surface area contributed by atoms with E-state index < -0.39 is 74.6 Å². The molecule has 2 aromatic heterocycles. The van der Waals surface area contributed by atoms with Gasteiger partial charge in [0.2, 0.25) is 6.29 Å². The molecule has 6 rings (SSSR count). The fourth-order valence-electron chi connectivity index (χ4n) is 6.27. The van der Waals surface area contributed by atoms with Gasteiger partial charge in [-0.15, -0.1) is 0 Å². The SMILES string of the molecule is C/C=C(/CO[C@@H]1O[C@H](CO)[C@@H](O)[C@H](O)[C@H]1O)c1cc2n(c(=O)c1)CCc1c-2[nH]c2c(O[C@@H]3O[C@H](CO)[C@@H](O)[C@H](O)[C@H]3O)cccc12. The van der Waals surface area contributed by atoms with E-state index in [2.05, 4.69) is 4.98 Å². The van der Waals surface area contributed by atoms with Crippen molar-refractivity contribution >= 4 is 16.5 Å². The van der Waals surface area contributed by atoms with Gasteiger partial charge in [0.25, 0.3) is 5.56 Å². The van der Waals surface area contributed by atoms with E-state index in [4.69, 9.17) is 18.9 Å². The highest BCUT2D eigenvalue weighted by Gasteiger charge is 2.45. The summed E-state index contributed by atoms with van der Waals surface area (Å²) in [5, 5.41) is 81.2. The Morgan fingerprint density at radius 3 is 2.24 bits per heavy atom. The van der Waals surface area contributed by atoms with Crippen LogP contribution in [0.4, 0.5) is 0 Å². The minimum atomic E-state index is -1.60. The van der Waals surface area contributed by atoms with Gasteiger partial charge in [-0.2, -0.15) is 0 Å². The first-order chi connectivity index (χ1) is 22.1. The molecular weight excluding hydrogens is 608 g/mol. The Kier molecular flexibility index (Phi) is 9.35. The number of aryl methyl sites for hydroxylation is 1. The number of aliphatic hydroxyl groups is 8. The third-order valence-electron chi connectivity index (χ3n) is 8.94. The smallest absolute Gasteiger partial charge is 0.251 e. The molecule has 0 aliphatic carbocycles. The summed E-state index contributed by atoms with van der Waals surface area (Å²) in [4.78, 5) is 16.7. The summed E-state index contributed by atoms with van der Waals surface area (Å²) in [6.45, 7) is 0.837. The van der Waals surface area contributed by atoms with E-state index in [1.54, 1.807) is 29.7 Å². The number of aromatic nitrogens is 2. The summed E-state index contributed by atoms with van der Waals surface area (Å²) >= 11 is 0. The number of benzene rings is 1. The van der Waals surface area contributed by atoms with Crippen molar-refractivity contribution in [1.29, 1.82) is 0 Å². The zero-order chi connectivity index (χ0) is 32.9. The summed E-state index contributed by atoms with van der Waals surface area (Å²) in [7, 11) is 0. The highest BCUT2D eigenvalue weighted by atomic mass is 16.7. The molecule has 15 heteroatoms. The first-order valence-electron chi connectivity index (χ1n) is 15.0. The molecule has 15 nitrogen and oxygen atoms in total. The molecule has 0 bridgehead atoms. The third kappa shape index (κ3) is 5.67. The standard InChI is InChI=1S/C31H38N2O13/c1-2-13(12-43-30-28(41)26(39)24(37)19(10-34)45-30)14-8-17-22-16(6-7-33(17)21(36)9-14)15-4-3-5-18(23(15)32-22)44-31-29(42)27(40)25(38)20(11-35)46-31/h2-5,8-9,19-20,24-32,34-35,37-42H,6-7,10-12H2,1H3/b13-2-/t19-,20-,24-,25-,26+,27+,28-,29-,30-,31-/m1/s1. The lowest BCUT2D eigenvalue weighted by Crippen LogP contribution is -2.60. The molecule has 3 aromatic rings. The first kappa shape index (κ1) is 32.7. The minimum Gasteiger partial charge on any atom is -0.460 e. The van der Waals surface area contributed by atoms with Crippen LogP contribution in [-0.2, 0) is 27.2 Å². The van der Waals surface area contributed by atoms with Crippen LogP contribution < -0.4 is 10.3 Å². The Morgan fingerprint density at radius 2 is 1.59 bits per heavy atom. The van der Waals surface area contributed by atoms with E-state index in [0.29, 0.717) is 41.0 Å². The van der Waals surface area contributed by atoms with Gasteiger partial charge in [0.05, 0.1) is 36.7 Å². The van der Waals surface area contributed by atoms with Crippen LogP contribution in [0.2, 0.25) is 0 Å². The van der Waals surface area contributed by atoms with Crippen molar-refractivity contribution < 1.29 is 59.8 Å². The molecule has 2 saturated heterocycles. The molecule has 0 spiro atoms. The van der Waals surface area contributed by atoms with E-state index >= 15 is 0 Å². The van der Waals surface area contributed by atoms with Crippen LogP contribution in [0.3, 0.4) is 0 Å². The zero-order valence-corrected chi connectivity index (χ0v) is 24.8. The molecule has 1 aromatic carbocycles. The van der Waals surface area contributed by atoms with E-state index in [1.807, 2.05) is 12.1 Å². The summed E-state index contributed by atoms with van der Waals surface area (Å²) in [5.74, 6) is 0.281. The van der Waals surface area contributed by atoms with Gasteiger partial charge in [-0.1, -0.05) is 18.2 Å². The Bertz CT molecular complexity index is 1650. The number of fused-ring (bicyclic) bond motifs is 5. The van der Waals surface area contributed by atoms with Gasteiger partial charge in [0, 0.05) is 18.0 Å². The molecule has 250 valence electrons. The molecule has 0 unspecified atom stereocenters. The predicted octanol–water partition coefficient (Wildman–Crippen LogP) is -2.05. The topological polar surface area (TPSA) is 237 Å². The fourth-order valence-corrected chi connectivity index (χ4v) is 6.27. The number of ether oxygens (including phenoxy) is 4. The highest BCUT2D eigenvalue weighted by Crippen LogP contribution is 2.39. The number of hydrogen-bond donors (Lipinski definition) is 9. The van der Waals surface area contributed by atoms with Gasteiger partial charge in [-0.05, 0) is 42.2 Å². The second-order valence-corrected chi connectivity index (χ2v) is 11.7. The van der Waals surface area contributed by atoms with E-state index in [0.717, 1.165) is 10.9 Å². The average molecular weight is 647 g/mol. The van der Waals surface area contributed by atoms with Gasteiger partial charge >= 0.3 is 0 Å². The summed E-state index contributed by atoms with van der Waals surface area (Å²) in [6, 6.07) is 8.57. The van der Waals surface area contributed by atoms with Crippen LogP contribution in [0.1, 0.15) is 18.1 Å². The number of nitrogens with zero attached hydrogens (tertiary/aromatic N) is 1. The van der Waals surface area contributed by atoms with Crippen molar-refractivity contribution in [1.82, 2.24) is 9.55 Å². The van der Waals surface area contributed by atoms with Gasteiger partial charge in [-0.3, -0.25) is 4.79 Å². The number of pyridine rings is 1. The van der Waals surface area contributed by atoms with Crippen molar-refractivity contribution in [2.24, 2.45) is 0 Å². The second-order valence-electron chi connectivity index (χ2n) is 11.7. The fraction of sp³-hybridized carbons (Fsp3) is 0.516. The molecule has 2 fully saturated rings. The van der Waals surface area contributed by atoms with Crippen molar-refractivity contribution in [2.45, 2.75) is 81.3 Å². The molecule has 3 aliphatic rings. The molecule has 0 amide bonds. The lowest BCUT2D eigenvalue weighted by Gasteiger charge is -2.39. The predicted molar refractivity (Wildman–Crippen MR) is 159 cm³/mol. The van der Waals surface area contributed by atoms with Crippen molar-refractivity contribution in [3.8, 4) is 17.1 Å². The molecular formula is C31H38N2O13. The summed E-state index contributed by atoms with van der Waals surface area (Å²) in [5.41, 5.74) is 3.57. The van der Waals surface area contributed by atoms with Gasteiger partial charge in [-0.25, -0.2) is 0 Å². The van der Waals surface area contributed by atoms with Crippen LogP contribution in [0.5, 0.6) is 5.75 Å².